The number of hydrogen-bond acceptors (Lipinski definition) is 11. The van der Waals surface area contributed by atoms with Crippen molar-refractivity contribution in [2.45, 2.75) is 0 Å². The first-order valence-corrected chi connectivity index (χ1v) is 18.7. The minimum absolute atomic E-state index is 0.0658. The minimum atomic E-state index is -0.500. The quantitative estimate of drug-likeness (QED) is 0.174. The zero-order valence-electron chi connectivity index (χ0n) is 30.4. The number of rotatable bonds is 6. The average Bonchev–Trinajstić information content (AvgIpc) is 3.86. The molecule has 0 aliphatic carbocycles. The Morgan fingerprint density at radius 1 is 0.561 bits per heavy atom. The van der Waals surface area contributed by atoms with Crippen molar-refractivity contribution >= 4 is 45.4 Å². The van der Waals surface area contributed by atoms with Crippen LogP contribution in [0.15, 0.2) is 110 Å². The fourth-order valence-corrected chi connectivity index (χ4v) is 6.98. The van der Waals surface area contributed by atoms with Crippen LogP contribution in [0.2, 0.25) is 5.02 Å². The Balaban J connectivity index is 0.000000148. The van der Waals surface area contributed by atoms with E-state index < -0.39 is 5.82 Å². The van der Waals surface area contributed by atoms with Gasteiger partial charge in [0.05, 0.1) is 77.2 Å². The number of halogens is 3. The van der Waals surface area contributed by atoms with Gasteiger partial charge in [-0.25, -0.2) is 33.7 Å². The molecule has 0 N–H and O–H groups in total. The monoisotopic (exact) mass is 785 g/mol. The number of hydrogen-bond donors (Lipinski definition) is 0. The SMILES string of the molecule is Fc1cc(-n2c(-c3cnc(N4CCOCC4)nc3)nc3ccncc32)ccc1Cl.Fc1ccc(-n2c(-c3ccnc(N4CCOCC4)c3)nc3ccncc32)cc1. The zero-order valence-corrected chi connectivity index (χ0v) is 31.2. The molecule has 13 nitrogen and oxygen atoms in total. The second-order valence-corrected chi connectivity index (χ2v) is 13.6. The number of pyridine rings is 3. The Morgan fingerprint density at radius 3 is 1.77 bits per heavy atom. The van der Waals surface area contributed by atoms with Crippen LogP contribution in [0.4, 0.5) is 20.5 Å². The molecule has 10 rings (SSSR count). The van der Waals surface area contributed by atoms with E-state index in [-0.39, 0.29) is 10.8 Å². The minimum Gasteiger partial charge on any atom is -0.378 e. The molecule has 2 aliphatic heterocycles. The number of anilines is 2. The summed E-state index contributed by atoms with van der Waals surface area (Å²) in [6.45, 7) is 5.87. The van der Waals surface area contributed by atoms with Gasteiger partial charge in [-0.15, -0.1) is 0 Å². The second kappa shape index (κ2) is 16.0. The molecule has 0 amide bonds. The molecule has 0 saturated carbocycles. The normalized spacial score (nSPS) is 14.5. The smallest absolute Gasteiger partial charge is 0.225 e. The van der Waals surface area contributed by atoms with Crippen molar-refractivity contribution in [1.82, 2.24) is 44.0 Å². The lowest BCUT2D eigenvalue weighted by Crippen LogP contribution is -2.37. The van der Waals surface area contributed by atoms with Gasteiger partial charge in [0.15, 0.2) is 0 Å². The van der Waals surface area contributed by atoms with E-state index in [9.17, 15) is 8.78 Å². The van der Waals surface area contributed by atoms with Gasteiger partial charge in [0.25, 0.3) is 0 Å². The zero-order chi connectivity index (χ0) is 38.7. The van der Waals surface area contributed by atoms with Crippen molar-refractivity contribution in [2.24, 2.45) is 0 Å². The highest BCUT2D eigenvalue weighted by atomic mass is 35.5. The highest BCUT2D eigenvalue weighted by molar-refractivity contribution is 6.30. The molecule has 57 heavy (non-hydrogen) atoms. The van der Waals surface area contributed by atoms with Gasteiger partial charge in [-0.3, -0.25) is 19.1 Å². The van der Waals surface area contributed by atoms with Gasteiger partial charge in [0.2, 0.25) is 5.95 Å². The van der Waals surface area contributed by atoms with Crippen molar-refractivity contribution in [3.63, 3.8) is 0 Å². The third-order valence-electron chi connectivity index (χ3n) is 9.69. The van der Waals surface area contributed by atoms with Crippen molar-refractivity contribution in [3.05, 3.63) is 127 Å². The van der Waals surface area contributed by atoms with Crippen LogP contribution in [0.3, 0.4) is 0 Å². The molecule has 0 radical (unpaired) electrons. The van der Waals surface area contributed by atoms with Gasteiger partial charge in [0.1, 0.15) is 29.1 Å². The van der Waals surface area contributed by atoms with Gasteiger partial charge in [0, 0.05) is 68.4 Å². The first kappa shape index (κ1) is 36.2. The van der Waals surface area contributed by atoms with Crippen LogP contribution in [0.1, 0.15) is 0 Å². The van der Waals surface area contributed by atoms with Gasteiger partial charge >= 0.3 is 0 Å². The predicted molar refractivity (Wildman–Crippen MR) is 213 cm³/mol. The fourth-order valence-electron chi connectivity index (χ4n) is 6.86. The third kappa shape index (κ3) is 7.47. The molecule has 286 valence electrons. The molecule has 2 aromatic carbocycles. The lowest BCUT2D eigenvalue weighted by atomic mass is 10.2. The molecule has 8 aromatic rings. The number of imidazole rings is 2. The molecule has 0 unspecified atom stereocenters. The van der Waals surface area contributed by atoms with E-state index in [0.29, 0.717) is 49.5 Å². The van der Waals surface area contributed by atoms with Crippen LogP contribution in [-0.4, -0.2) is 96.6 Å². The summed E-state index contributed by atoms with van der Waals surface area (Å²) in [5.41, 5.74) is 6.27. The molecule has 2 aliphatic rings. The number of nitrogens with zero attached hydrogens (tertiary/aromatic N) is 11. The van der Waals surface area contributed by atoms with E-state index >= 15 is 0 Å². The Morgan fingerprint density at radius 2 is 1.14 bits per heavy atom. The summed E-state index contributed by atoms with van der Waals surface area (Å²) in [7, 11) is 0. The first-order valence-electron chi connectivity index (χ1n) is 18.3. The lowest BCUT2D eigenvalue weighted by Gasteiger charge is -2.28. The number of morpholine rings is 2. The molecule has 2 fully saturated rings. The highest BCUT2D eigenvalue weighted by Crippen LogP contribution is 2.31. The molecule has 6 aromatic heterocycles. The van der Waals surface area contributed by atoms with Crippen molar-refractivity contribution in [2.75, 3.05) is 62.4 Å². The van der Waals surface area contributed by atoms with Gasteiger partial charge in [-0.2, -0.15) is 0 Å². The maximum atomic E-state index is 14.1. The number of benzene rings is 2. The summed E-state index contributed by atoms with van der Waals surface area (Å²) < 4.78 is 42.2. The van der Waals surface area contributed by atoms with Crippen molar-refractivity contribution < 1.29 is 18.3 Å². The summed E-state index contributed by atoms with van der Waals surface area (Å²) in [4.78, 5) is 35.8. The largest absolute Gasteiger partial charge is 0.378 e. The second-order valence-electron chi connectivity index (χ2n) is 13.2. The van der Waals surface area contributed by atoms with E-state index in [1.807, 2.05) is 33.4 Å². The summed E-state index contributed by atoms with van der Waals surface area (Å²) in [6.07, 6.45) is 12.1. The molecule has 16 heteroatoms. The molecular weight excluding hydrogens is 752 g/mol. The van der Waals surface area contributed by atoms with Gasteiger partial charge in [-0.1, -0.05) is 11.6 Å². The topological polar surface area (TPSA) is 125 Å². The first-order chi connectivity index (χ1) is 28.0. The van der Waals surface area contributed by atoms with Crippen LogP contribution < -0.4 is 9.80 Å². The Hall–Kier alpha value is -6.42. The fraction of sp³-hybridized carbons (Fsp3) is 0.195. The van der Waals surface area contributed by atoms with Crippen LogP contribution in [0.25, 0.3) is 56.2 Å². The summed E-state index contributed by atoms with van der Waals surface area (Å²) >= 11 is 5.86. The van der Waals surface area contributed by atoms with E-state index in [4.69, 9.17) is 31.0 Å². The maximum Gasteiger partial charge on any atom is 0.225 e. The molecular formula is C41H34ClF2N11O2. The standard InChI is InChI=1S/C21H18FN5O.C20H16ClFN6O/c22-16-1-3-17(4-2-16)27-19-14-23-7-6-18(19)25-21(27)15-5-8-24-20(13-15)26-9-11-28-12-10-26;21-15-2-1-14(9-16(15)22)28-18-12-23-4-3-17(18)26-19(28)13-10-24-20(25-11-13)27-5-7-29-8-6-27/h1-8,13-14H,9-12H2;1-4,9-12H,5-8H2. The van der Waals surface area contributed by atoms with E-state index in [2.05, 4.69) is 34.7 Å². The van der Waals surface area contributed by atoms with Crippen molar-refractivity contribution in [1.29, 1.82) is 0 Å². The van der Waals surface area contributed by atoms with Gasteiger partial charge < -0.3 is 19.3 Å². The van der Waals surface area contributed by atoms with Crippen LogP contribution in [0.5, 0.6) is 0 Å². The molecule has 8 heterocycles. The summed E-state index contributed by atoms with van der Waals surface area (Å²) in [6, 6.07) is 18.7. The van der Waals surface area contributed by atoms with Crippen LogP contribution in [0, 0.1) is 11.6 Å². The van der Waals surface area contributed by atoms with Crippen LogP contribution in [-0.2, 0) is 9.47 Å². The van der Waals surface area contributed by atoms with E-state index in [1.54, 1.807) is 61.6 Å². The Kier molecular flexibility index (Phi) is 10.2. The Labute approximate surface area is 330 Å². The predicted octanol–water partition coefficient (Wildman–Crippen LogP) is 6.96. The highest BCUT2D eigenvalue weighted by Gasteiger charge is 2.20. The Bertz CT molecular complexity index is 2660. The van der Waals surface area contributed by atoms with E-state index in [0.717, 1.165) is 71.1 Å². The number of aromatic nitrogens is 9. The number of fused-ring (bicyclic) bond motifs is 2. The maximum absolute atomic E-state index is 14.1. The molecule has 0 atom stereocenters. The molecule has 0 spiro atoms. The van der Waals surface area contributed by atoms with Crippen molar-refractivity contribution in [3.8, 4) is 34.2 Å². The molecule has 2 saturated heterocycles. The third-order valence-corrected chi connectivity index (χ3v) is 10.00. The number of ether oxygens (including phenoxy) is 2. The van der Waals surface area contributed by atoms with Crippen LogP contribution >= 0.6 is 11.6 Å². The lowest BCUT2D eigenvalue weighted by molar-refractivity contribution is 0.122. The van der Waals surface area contributed by atoms with Gasteiger partial charge in [-0.05, 0) is 66.7 Å². The summed E-state index contributed by atoms with van der Waals surface area (Å²) in [5.74, 6) is 2.15. The average molecular weight is 786 g/mol. The summed E-state index contributed by atoms with van der Waals surface area (Å²) in [5, 5.41) is 0.0658. The van der Waals surface area contributed by atoms with E-state index in [1.165, 1.54) is 24.3 Å². The molecule has 0 bridgehead atoms.